The Hall–Kier alpha value is -0.980. The van der Waals surface area contributed by atoms with E-state index in [-0.39, 0.29) is 5.54 Å². The Labute approximate surface area is 118 Å². The van der Waals surface area contributed by atoms with E-state index in [1.165, 1.54) is 11.3 Å². The SMILES string of the molecule is COCc1nc(N2CCN(C)C(C)(C)C2)sc1C=O. The monoisotopic (exact) mass is 283 g/mol. The summed E-state index contributed by atoms with van der Waals surface area (Å²) in [7, 11) is 3.76. The van der Waals surface area contributed by atoms with Gasteiger partial charge < -0.3 is 9.64 Å². The van der Waals surface area contributed by atoms with Gasteiger partial charge in [0, 0.05) is 32.3 Å². The molecule has 106 valence electrons. The first-order chi connectivity index (χ1) is 8.97. The Morgan fingerprint density at radius 1 is 1.47 bits per heavy atom. The highest BCUT2D eigenvalue weighted by atomic mass is 32.1. The summed E-state index contributed by atoms with van der Waals surface area (Å²) in [4.78, 5) is 20.9. The van der Waals surface area contributed by atoms with E-state index in [4.69, 9.17) is 4.74 Å². The number of piperazine rings is 1. The minimum Gasteiger partial charge on any atom is -0.378 e. The first-order valence-electron chi connectivity index (χ1n) is 6.38. The van der Waals surface area contributed by atoms with Crippen LogP contribution in [0.1, 0.15) is 29.2 Å². The lowest BCUT2D eigenvalue weighted by molar-refractivity contribution is 0.112. The Balaban J connectivity index is 2.20. The molecule has 1 fully saturated rings. The van der Waals surface area contributed by atoms with Gasteiger partial charge in [0.1, 0.15) is 0 Å². The average Bonchev–Trinajstić information content (AvgIpc) is 2.76. The molecule has 0 unspecified atom stereocenters. The molecule has 0 bridgehead atoms. The van der Waals surface area contributed by atoms with E-state index in [1.807, 2.05) is 0 Å². The molecule has 1 aliphatic heterocycles. The topological polar surface area (TPSA) is 45.7 Å². The molecule has 0 N–H and O–H groups in total. The second kappa shape index (κ2) is 5.56. The van der Waals surface area contributed by atoms with Gasteiger partial charge in [-0.3, -0.25) is 9.69 Å². The number of thiazole rings is 1. The Morgan fingerprint density at radius 2 is 2.21 bits per heavy atom. The maximum atomic E-state index is 11.1. The molecule has 0 radical (unpaired) electrons. The van der Waals surface area contributed by atoms with Gasteiger partial charge in [-0.2, -0.15) is 0 Å². The molecule has 1 saturated heterocycles. The van der Waals surface area contributed by atoms with Crippen LogP contribution in [0.2, 0.25) is 0 Å². The van der Waals surface area contributed by atoms with E-state index >= 15 is 0 Å². The van der Waals surface area contributed by atoms with Gasteiger partial charge >= 0.3 is 0 Å². The van der Waals surface area contributed by atoms with Crippen LogP contribution < -0.4 is 4.90 Å². The molecule has 5 nitrogen and oxygen atoms in total. The van der Waals surface area contributed by atoms with Gasteiger partial charge in [0.25, 0.3) is 0 Å². The second-order valence-corrected chi connectivity index (χ2v) is 6.52. The van der Waals surface area contributed by atoms with Crippen molar-refractivity contribution in [3.8, 4) is 0 Å². The molecule has 2 rings (SSSR count). The zero-order valence-electron chi connectivity index (χ0n) is 12.0. The van der Waals surface area contributed by atoms with Gasteiger partial charge in [0.05, 0.1) is 17.2 Å². The molecule has 0 saturated carbocycles. The number of nitrogens with zero attached hydrogens (tertiary/aromatic N) is 3. The summed E-state index contributed by atoms with van der Waals surface area (Å²) in [5.74, 6) is 0. The number of aldehydes is 1. The molecule has 0 aliphatic carbocycles. The van der Waals surface area contributed by atoms with Crippen LogP contribution in [0.3, 0.4) is 0 Å². The van der Waals surface area contributed by atoms with E-state index in [0.717, 1.165) is 36.7 Å². The first kappa shape index (κ1) is 14.4. The van der Waals surface area contributed by atoms with Crippen LogP contribution in [0, 0.1) is 0 Å². The number of methoxy groups -OCH3 is 1. The molecule has 6 heteroatoms. The molecule has 0 spiro atoms. The van der Waals surface area contributed by atoms with Gasteiger partial charge in [0.2, 0.25) is 0 Å². The van der Waals surface area contributed by atoms with Gasteiger partial charge in [0.15, 0.2) is 11.4 Å². The lowest BCUT2D eigenvalue weighted by Crippen LogP contribution is -2.57. The zero-order chi connectivity index (χ0) is 14.0. The summed E-state index contributed by atoms with van der Waals surface area (Å²) in [5, 5.41) is 0.926. The maximum Gasteiger partial charge on any atom is 0.186 e. The third kappa shape index (κ3) is 2.96. The highest BCUT2D eigenvalue weighted by Gasteiger charge is 2.32. The first-order valence-corrected chi connectivity index (χ1v) is 7.19. The standard InChI is InChI=1S/C13H21N3O2S/c1-13(2)9-16(6-5-15(13)3)12-14-10(8-18-4)11(7-17)19-12/h7H,5-6,8-9H2,1-4H3. The summed E-state index contributed by atoms with van der Waals surface area (Å²) >= 11 is 1.46. The van der Waals surface area contributed by atoms with Crippen molar-refractivity contribution in [1.29, 1.82) is 0 Å². The lowest BCUT2D eigenvalue weighted by Gasteiger charge is -2.45. The predicted molar refractivity (Wildman–Crippen MR) is 77.1 cm³/mol. The van der Waals surface area contributed by atoms with Gasteiger partial charge in [-0.25, -0.2) is 4.98 Å². The summed E-state index contributed by atoms with van der Waals surface area (Å²) in [6, 6.07) is 0. The van der Waals surface area contributed by atoms with E-state index < -0.39 is 0 Å². The maximum absolute atomic E-state index is 11.1. The molecule has 19 heavy (non-hydrogen) atoms. The van der Waals surface area contributed by atoms with Crippen LogP contribution in [-0.2, 0) is 11.3 Å². The van der Waals surface area contributed by atoms with Crippen molar-refractivity contribution in [3.05, 3.63) is 10.6 Å². The molecule has 2 heterocycles. The third-order valence-corrected chi connectivity index (χ3v) is 4.78. The van der Waals surface area contributed by atoms with Crippen LogP contribution in [0.15, 0.2) is 0 Å². The Morgan fingerprint density at radius 3 is 2.79 bits per heavy atom. The van der Waals surface area contributed by atoms with Crippen molar-refractivity contribution in [1.82, 2.24) is 9.88 Å². The second-order valence-electron chi connectivity index (χ2n) is 5.51. The predicted octanol–water partition coefficient (Wildman–Crippen LogP) is 1.63. The van der Waals surface area contributed by atoms with E-state index in [0.29, 0.717) is 11.5 Å². The number of rotatable bonds is 4. The molecule has 1 aromatic rings. The van der Waals surface area contributed by atoms with Crippen molar-refractivity contribution in [3.63, 3.8) is 0 Å². The Bertz CT molecular complexity index is 459. The minimum atomic E-state index is 0.118. The van der Waals surface area contributed by atoms with Gasteiger partial charge in [-0.05, 0) is 20.9 Å². The molecule has 0 amide bonds. The highest BCUT2D eigenvalue weighted by Crippen LogP contribution is 2.29. The fourth-order valence-electron chi connectivity index (χ4n) is 2.22. The number of aromatic nitrogens is 1. The van der Waals surface area contributed by atoms with Crippen molar-refractivity contribution >= 4 is 22.8 Å². The largest absolute Gasteiger partial charge is 0.378 e. The number of carbonyl (C=O) groups is 1. The van der Waals surface area contributed by atoms with Crippen molar-refractivity contribution < 1.29 is 9.53 Å². The van der Waals surface area contributed by atoms with Crippen LogP contribution >= 0.6 is 11.3 Å². The third-order valence-electron chi connectivity index (χ3n) is 3.69. The van der Waals surface area contributed by atoms with Crippen LogP contribution in [0.25, 0.3) is 0 Å². The number of hydrogen-bond donors (Lipinski definition) is 0. The van der Waals surface area contributed by atoms with E-state index in [2.05, 4.69) is 35.7 Å². The average molecular weight is 283 g/mol. The molecule has 0 aromatic carbocycles. The van der Waals surface area contributed by atoms with Crippen LogP contribution in [-0.4, -0.2) is 55.5 Å². The van der Waals surface area contributed by atoms with Gasteiger partial charge in [-0.1, -0.05) is 11.3 Å². The smallest absolute Gasteiger partial charge is 0.186 e. The van der Waals surface area contributed by atoms with E-state index in [9.17, 15) is 4.79 Å². The van der Waals surface area contributed by atoms with Crippen LogP contribution in [0.4, 0.5) is 5.13 Å². The number of hydrogen-bond acceptors (Lipinski definition) is 6. The molecule has 1 aliphatic rings. The van der Waals surface area contributed by atoms with Crippen molar-refractivity contribution in [2.24, 2.45) is 0 Å². The molecular weight excluding hydrogens is 262 g/mol. The highest BCUT2D eigenvalue weighted by molar-refractivity contribution is 7.17. The normalized spacial score (nSPS) is 19.7. The number of ether oxygens (including phenoxy) is 1. The number of anilines is 1. The molecule has 0 atom stereocenters. The Kier molecular flexibility index (Phi) is 4.23. The van der Waals surface area contributed by atoms with Crippen molar-refractivity contribution in [2.45, 2.75) is 26.0 Å². The van der Waals surface area contributed by atoms with Crippen molar-refractivity contribution in [2.75, 3.05) is 38.7 Å². The zero-order valence-corrected chi connectivity index (χ0v) is 12.8. The van der Waals surface area contributed by atoms with Crippen LogP contribution in [0.5, 0.6) is 0 Å². The number of carbonyl (C=O) groups excluding carboxylic acids is 1. The summed E-state index contributed by atoms with van der Waals surface area (Å²) in [6.45, 7) is 7.71. The quantitative estimate of drug-likeness (QED) is 0.786. The number of likely N-dealkylation sites (N-methyl/N-ethyl adjacent to an activating group) is 1. The fraction of sp³-hybridized carbons (Fsp3) is 0.692. The lowest BCUT2D eigenvalue weighted by atomic mass is 10.0. The fourth-order valence-corrected chi connectivity index (χ4v) is 3.13. The summed E-state index contributed by atoms with van der Waals surface area (Å²) in [5.41, 5.74) is 0.862. The molecular formula is C13H21N3O2S. The minimum absolute atomic E-state index is 0.118. The molecule has 1 aromatic heterocycles. The summed E-state index contributed by atoms with van der Waals surface area (Å²) < 4.78 is 5.09. The van der Waals surface area contributed by atoms with E-state index in [1.54, 1.807) is 7.11 Å². The summed E-state index contributed by atoms with van der Waals surface area (Å²) in [6.07, 6.45) is 0.872. The van der Waals surface area contributed by atoms with Gasteiger partial charge in [-0.15, -0.1) is 0 Å².